The van der Waals surface area contributed by atoms with Crippen LogP contribution in [-0.4, -0.2) is 35.1 Å². The Hall–Kier alpha value is -2.81. The van der Waals surface area contributed by atoms with E-state index in [1.807, 2.05) is 0 Å². The van der Waals surface area contributed by atoms with E-state index < -0.39 is 15.8 Å². The van der Waals surface area contributed by atoms with Crippen molar-refractivity contribution < 1.29 is 27.1 Å². The van der Waals surface area contributed by atoms with Gasteiger partial charge in [0.15, 0.2) is 11.6 Å². The van der Waals surface area contributed by atoms with Crippen LogP contribution in [0.25, 0.3) is 0 Å². The van der Waals surface area contributed by atoms with Crippen LogP contribution in [0.15, 0.2) is 41.3 Å². The predicted molar refractivity (Wildman–Crippen MR) is 98.3 cm³/mol. The first-order valence-electron chi connectivity index (χ1n) is 8.20. The van der Waals surface area contributed by atoms with Gasteiger partial charge in [0.2, 0.25) is 5.91 Å². The van der Waals surface area contributed by atoms with E-state index in [1.54, 1.807) is 11.0 Å². The summed E-state index contributed by atoms with van der Waals surface area (Å²) >= 11 is 0. The summed E-state index contributed by atoms with van der Waals surface area (Å²) in [7, 11) is -1.25. The highest BCUT2D eigenvalue weighted by Gasteiger charge is 2.25. The fraction of sp³-hybridized carbons (Fsp3) is 0.278. The minimum Gasteiger partial charge on any atom is -0.495 e. The molecule has 2 aromatic carbocycles. The maximum absolute atomic E-state index is 13.9. The van der Waals surface area contributed by atoms with Crippen molar-refractivity contribution in [2.24, 2.45) is 0 Å². The van der Waals surface area contributed by atoms with Crippen molar-refractivity contribution in [2.45, 2.75) is 17.7 Å². The molecule has 3 rings (SSSR count). The van der Waals surface area contributed by atoms with Crippen molar-refractivity contribution in [3.05, 3.63) is 42.2 Å². The molecular weight excluding hydrogens is 375 g/mol. The van der Waals surface area contributed by atoms with Gasteiger partial charge in [0.25, 0.3) is 10.0 Å². The van der Waals surface area contributed by atoms with Crippen LogP contribution >= 0.6 is 0 Å². The van der Waals surface area contributed by atoms with Crippen molar-refractivity contribution in [2.75, 3.05) is 30.4 Å². The number of carbonyl (C=O) groups excluding carboxylic acids is 1. The Bertz CT molecular complexity index is 978. The van der Waals surface area contributed by atoms with Crippen LogP contribution in [0, 0.1) is 5.82 Å². The zero-order chi connectivity index (χ0) is 19.6. The molecule has 27 heavy (non-hydrogen) atoms. The van der Waals surface area contributed by atoms with Crippen LogP contribution < -0.4 is 19.1 Å². The minimum absolute atomic E-state index is 0.0479. The number of nitrogens with zero attached hydrogens (tertiary/aromatic N) is 1. The number of rotatable bonds is 6. The van der Waals surface area contributed by atoms with E-state index in [1.165, 1.54) is 38.5 Å². The zero-order valence-electron chi connectivity index (χ0n) is 14.9. The molecule has 1 N–H and O–H groups in total. The van der Waals surface area contributed by atoms with Gasteiger partial charge in [0.05, 0.1) is 30.5 Å². The van der Waals surface area contributed by atoms with E-state index in [2.05, 4.69) is 4.72 Å². The number of carbonyl (C=O) groups is 1. The number of methoxy groups -OCH3 is 2. The summed E-state index contributed by atoms with van der Waals surface area (Å²) in [5, 5.41) is 0. The van der Waals surface area contributed by atoms with Gasteiger partial charge >= 0.3 is 0 Å². The van der Waals surface area contributed by atoms with Gasteiger partial charge in [-0.1, -0.05) is 0 Å². The van der Waals surface area contributed by atoms with Gasteiger partial charge in [0.1, 0.15) is 5.75 Å². The number of benzene rings is 2. The highest BCUT2D eigenvalue weighted by molar-refractivity contribution is 7.92. The molecule has 0 unspecified atom stereocenters. The highest BCUT2D eigenvalue weighted by atomic mass is 32.2. The maximum atomic E-state index is 13.9. The number of hydrogen-bond acceptors (Lipinski definition) is 5. The average Bonchev–Trinajstić information content (AvgIpc) is 3.07. The fourth-order valence-electron chi connectivity index (χ4n) is 2.90. The Morgan fingerprint density at radius 3 is 2.37 bits per heavy atom. The topological polar surface area (TPSA) is 84.9 Å². The lowest BCUT2D eigenvalue weighted by molar-refractivity contribution is -0.117. The first-order valence-corrected chi connectivity index (χ1v) is 9.69. The number of halogens is 1. The lowest BCUT2D eigenvalue weighted by Crippen LogP contribution is -2.24. The summed E-state index contributed by atoms with van der Waals surface area (Å²) in [5.41, 5.74) is 0.725. The molecular formula is C18H19FN2O5S. The Kier molecular flexibility index (Phi) is 5.22. The Balaban J connectivity index is 1.92. The third-order valence-corrected chi connectivity index (χ3v) is 5.61. The summed E-state index contributed by atoms with van der Waals surface area (Å²) < 4.78 is 51.5. The van der Waals surface area contributed by atoms with Gasteiger partial charge in [-0.2, -0.15) is 0 Å². The van der Waals surface area contributed by atoms with E-state index in [-0.39, 0.29) is 22.2 Å². The molecule has 0 atom stereocenters. The van der Waals surface area contributed by atoms with Gasteiger partial charge < -0.3 is 14.4 Å². The van der Waals surface area contributed by atoms with Crippen molar-refractivity contribution in [1.29, 1.82) is 0 Å². The Labute approximate surface area is 156 Å². The Morgan fingerprint density at radius 2 is 1.78 bits per heavy atom. The van der Waals surface area contributed by atoms with Crippen LogP contribution in [0.1, 0.15) is 12.8 Å². The van der Waals surface area contributed by atoms with Gasteiger partial charge in [-0.05, 0) is 42.8 Å². The van der Waals surface area contributed by atoms with Crippen molar-refractivity contribution >= 4 is 27.3 Å². The Morgan fingerprint density at radius 1 is 1.07 bits per heavy atom. The molecule has 2 aromatic rings. The molecule has 1 heterocycles. The molecule has 0 bridgehead atoms. The first kappa shape index (κ1) is 19.0. The monoisotopic (exact) mass is 394 g/mol. The molecule has 1 saturated heterocycles. The normalized spacial score (nSPS) is 14.3. The van der Waals surface area contributed by atoms with E-state index in [0.717, 1.165) is 12.5 Å². The van der Waals surface area contributed by atoms with Crippen LogP contribution in [0.5, 0.6) is 11.5 Å². The van der Waals surface area contributed by atoms with Gasteiger partial charge in [-0.15, -0.1) is 0 Å². The molecule has 1 aliphatic rings. The fourth-order valence-corrected chi connectivity index (χ4v) is 3.96. The first-order chi connectivity index (χ1) is 12.9. The van der Waals surface area contributed by atoms with E-state index in [0.29, 0.717) is 24.4 Å². The molecule has 0 spiro atoms. The van der Waals surface area contributed by atoms with Crippen molar-refractivity contribution in [3.63, 3.8) is 0 Å². The third kappa shape index (κ3) is 3.82. The second kappa shape index (κ2) is 7.43. The highest BCUT2D eigenvalue weighted by Crippen LogP contribution is 2.34. The van der Waals surface area contributed by atoms with Gasteiger partial charge in [-0.25, -0.2) is 12.8 Å². The zero-order valence-corrected chi connectivity index (χ0v) is 15.7. The van der Waals surface area contributed by atoms with Crippen molar-refractivity contribution in [1.82, 2.24) is 0 Å². The molecule has 7 nitrogen and oxygen atoms in total. The van der Waals surface area contributed by atoms with E-state index in [4.69, 9.17) is 9.47 Å². The largest absolute Gasteiger partial charge is 0.495 e. The molecule has 1 fully saturated rings. The second-order valence-electron chi connectivity index (χ2n) is 5.94. The van der Waals surface area contributed by atoms with Gasteiger partial charge in [0, 0.05) is 13.0 Å². The lowest BCUT2D eigenvalue weighted by Gasteiger charge is -2.20. The molecule has 0 saturated carbocycles. The number of ether oxygens (including phenoxy) is 2. The number of amides is 1. The maximum Gasteiger partial charge on any atom is 0.262 e. The number of anilines is 2. The van der Waals surface area contributed by atoms with E-state index >= 15 is 0 Å². The average molecular weight is 394 g/mol. The lowest BCUT2D eigenvalue weighted by atomic mass is 10.2. The van der Waals surface area contributed by atoms with Crippen LogP contribution in [0.2, 0.25) is 0 Å². The number of nitrogens with one attached hydrogen (secondary N) is 1. The standard InChI is InChI=1S/C18H19FN2O5S/c1-25-16-8-6-13(11-14(16)19)27(23,24)20-12-5-7-17(26-2)15(10-12)21-9-3-4-18(21)22/h5-8,10-11,20H,3-4,9H2,1-2H3. The van der Waals surface area contributed by atoms with E-state index in [9.17, 15) is 17.6 Å². The summed E-state index contributed by atoms with van der Waals surface area (Å²) in [6, 6.07) is 7.99. The quantitative estimate of drug-likeness (QED) is 0.814. The summed E-state index contributed by atoms with van der Waals surface area (Å²) in [5.74, 6) is -0.416. The molecule has 0 aromatic heterocycles. The van der Waals surface area contributed by atoms with Crippen molar-refractivity contribution in [3.8, 4) is 11.5 Å². The summed E-state index contributed by atoms with van der Waals surface area (Å²) in [6.07, 6.45) is 1.16. The van der Waals surface area contributed by atoms with Crippen LogP contribution in [0.3, 0.4) is 0 Å². The van der Waals surface area contributed by atoms with Crippen LogP contribution in [0.4, 0.5) is 15.8 Å². The second-order valence-corrected chi connectivity index (χ2v) is 7.62. The smallest absolute Gasteiger partial charge is 0.262 e. The molecule has 1 amide bonds. The molecule has 9 heteroatoms. The van der Waals surface area contributed by atoms with Crippen LogP contribution in [-0.2, 0) is 14.8 Å². The molecule has 0 radical (unpaired) electrons. The molecule has 1 aliphatic heterocycles. The molecule has 144 valence electrons. The summed E-state index contributed by atoms with van der Waals surface area (Å²) in [6.45, 7) is 0.537. The summed E-state index contributed by atoms with van der Waals surface area (Å²) in [4.78, 5) is 13.4. The number of hydrogen-bond donors (Lipinski definition) is 1. The number of sulfonamides is 1. The SMILES string of the molecule is COc1ccc(S(=O)(=O)Nc2ccc(OC)c(N3CCCC3=O)c2)cc1F. The minimum atomic E-state index is -4.02. The third-order valence-electron chi connectivity index (χ3n) is 4.23. The predicted octanol–water partition coefficient (Wildman–Crippen LogP) is 2.77. The molecule has 0 aliphatic carbocycles. The van der Waals surface area contributed by atoms with Gasteiger partial charge in [-0.3, -0.25) is 9.52 Å².